The van der Waals surface area contributed by atoms with Gasteiger partial charge in [-0.1, -0.05) is 0 Å². The van der Waals surface area contributed by atoms with Crippen LogP contribution in [0.4, 0.5) is 5.82 Å². The van der Waals surface area contributed by atoms with Gasteiger partial charge in [0.05, 0.1) is 5.69 Å². The fourth-order valence-electron chi connectivity index (χ4n) is 1.55. The Labute approximate surface area is 104 Å². The van der Waals surface area contributed by atoms with Crippen molar-refractivity contribution in [2.45, 2.75) is 6.92 Å². The molecule has 6 heteroatoms. The van der Waals surface area contributed by atoms with Gasteiger partial charge in [-0.05, 0) is 19.1 Å². The number of anilines is 1. The summed E-state index contributed by atoms with van der Waals surface area (Å²) >= 11 is 0. The smallest absolute Gasteiger partial charge is 0.256 e. The highest BCUT2D eigenvalue weighted by Crippen LogP contribution is 2.10. The van der Waals surface area contributed by atoms with E-state index < -0.39 is 0 Å². The van der Waals surface area contributed by atoms with Crippen LogP contribution in [0.1, 0.15) is 21.7 Å². The number of pyridine rings is 1. The van der Waals surface area contributed by atoms with Gasteiger partial charge < -0.3 is 5.32 Å². The van der Waals surface area contributed by atoms with E-state index in [2.05, 4.69) is 15.4 Å². The van der Waals surface area contributed by atoms with E-state index in [1.54, 1.807) is 23.9 Å². The van der Waals surface area contributed by atoms with E-state index in [9.17, 15) is 4.79 Å². The van der Waals surface area contributed by atoms with Crippen molar-refractivity contribution in [3.8, 4) is 6.07 Å². The lowest BCUT2D eigenvalue weighted by Crippen LogP contribution is -2.14. The van der Waals surface area contributed by atoms with Crippen LogP contribution < -0.4 is 5.32 Å². The zero-order valence-electron chi connectivity index (χ0n) is 10.0. The molecule has 2 aromatic rings. The van der Waals surface area contributed by atoms with Crippen molar-refractivity contribution in [3.63, 3.8) is 0 Å². The van der Waals surface area contributed by atoms with Gasteiger partial charge in [-0.2, -0.15) is 10.4 Å². The van der Waals surface area contributed by atoms with E-state index in [0.29, 0.717) is 11.4 Å². The largest absolute Gasteiger partial charge is 0.307 e. The van der Waals surface area contributed by atoms with E-state index in [-0.39, 0.29) is 11.6 Å². The van der Waals surface area contributed by atoms with E-state index in [0.717, 1.165) is 5.69 Å². The molecule has 0 saturated carbocycles. The molecule has 0 fully saturated rings. The van der Waals surface area contributed by atoms with Crippen molar-refractivity contribution in [3.05, 3.63) is 41.3 Å². The highest BCUT2D eigenvalue weighted by atomic mass is 16.1. The standard InChI is InChI=1S/C12H11N5O/c1-8-5-11(17(2)16-8)15-12(18)9-3-4-14-10(6-9)7-13/h3-6H,1-2H3,(H,15,18). The third kappa shape index (κ3) is 2.35. The molecular weight excluding hydrogens is 230 g/mol. The number of aromatic nitrogens is 3. The van der Waals surface area contributed by atoms with Crippen molar-refractivity contribution in [2.75, 3.05) is 5.32 Å². The first-order valence-electron chi connectivity index (χ1n) is 5.28. The normalized spacial score (nSPS) is 9.83. The molecule has 0 aromatic carbocycles. The molecule has 6 nitrogen and oxygen atoms in total. The minimum atomic E-state index is -0.295. The molecule has 0 aliphatic carbocycles. The van der Waals surface area contributed by atoms with Gasteiger partial charge in [0.2, 0.25) is 0 Å². The first kappa shape index (κ1) is 11.8. The fraction of sp³-hybridized carbons (Fsp3) is 0.167. The van der Waals surface area contributed by atoms with Crippen LogP contribution in [-0.4, -0.2) is 20.7 Å². The number of nitrogens with one attached hydrogen (secondary N) is 1. The van der Waals surface area contributed by atoms with Crippen LogP contribution in [-0.2, 0) is 7.05 Å². The fourth-order valence-corrected chi connectivity index (χ4v) is 1.55. The van der Waals surface area contributed by atoms with Crippen molar-refractivity contribution in [2.24, 2.45) is 7.05 Å². The summed E-state index contributed by atoms with van der Waals surface area (Å²) in [6.45, 7) is 1.84. The number of nitrogens with zero attached hydrogens (tertiary/aromatic N) is 4. The lowest BCUT2D eigenvalue weighted by atomic mass is 10.2. The quantitative estimate of drug-likeness (QED) is 0.857. The summed E-state index contributed by atoms with van der Waals surface area (Å²) in [4.78, 5) is 15.8. The lowest BCUT2D eigenvalue weighted by molar-refractivity contribution is 0.102. The minimum Gasteiger partial charge on any atom is -0.307 e. The van der Waals surface area contributed by atoms with Crippen LogP contribution >= 0.6 is 0 Å². The van der Waals surface area contributed by atoms with Gasteiger partial charge in [-0.25, -0.2) is 4.98 Å². The van der Waals surface area contributed by atoms with Gasteiger partial charge >= 0.3 is 0 Å². The Morgan fingerprint density at radius 2 is 2.28 bits per heavy atom. The van der Waals surface area contributed by atoms with E-state index in [4.69, 9.17) is 5.26 Å². The summed E-state index contributed by atoms with van der Waals surface area (Å²) in [6.07, 6.45) is 1.43. The zero-order chi connectivity index (χ0) is 13.1. The summed E-state index contributed by atoms with van der Waals surface area (Å²) in [7, 11) is 1.75. The second-order valence-corrected chi connectivity index (χ2v) is 3.79. The molecule has 0 unspecified atom stereocenters. The molecule has 0 aliphatic heterocycles. The molecule has 2 rings (SSSR count). The van der Waals surface area contributed by atoms with Gasteiger partial charge in [-0.15, -0.1) is 0 Å². The molecule has 0 spiro atoms. The molecule has 0 saturated heterocycles. The monoisotopic (exact) mass is 241 g/mol. The highest BCUT2D eigenvalue weighted by molar-refractivity contribution is 6.03. The first-order valence-corrected chi connectivity index (χ1v) is 5.28. The number of hydrogen-bond acceptors (Lipinski definition) is 4. The predicted molar refractivity (Wildman–Crippen MR) is 64.9 cm³/mol. The van der Waals surface area contributed by atoms with E-state index >= 15 is 0 Å². The van der Waals surface area contributed by atoms with Crippen LogP contribution in [0, 0.1) is 18.3 Å². The summed E-state index contributed by atoms with van der Waals surface area (Å²) in [5, 5.41) is 15.6. The van der Waals surface area contributed by atoms with E-state index in [1.165, 1.54) is 12.3 Å². The topological polar surface area (TPSA) is 83.6 Å². The third-order valence-electron chi connectivity index (χ3n) is 2.38. The highest BCUT2D eigenvalue weighted by Gasteiger charge is 2.10. The average molecular weight is 241 g/mol. The molecule has 0 aliphatic rings. The number of carbonyl (C=O) groups excluding carboxylic acids is 1. The molecule has 0 bridgehead atoms. The Morgan fingerprint density at radius 1 is 1.50 bits per heavy atom. The molecule has 90 valence electrons. The molecular formula is C12H11N5O. The maximum absolute atomic E-state index is 12.0. The molecule has 2 heterocycles. The number of amides is 1. The molecule has 1 N–H and O–H groups in total. The molecule has 18 heavy (non-hydrogen) atoms. The Kier molecular flexibility index (Phi) is 3.06. The van der Waals surface area contributed by atoms with Crippen LogP contribution in [0.3, 0.4) is 0 Å². The lowest BCUT2D eigenvalue weighted by Gasteiger charge is -2.04. The Hall–Kier alpha value is -2.68. The zero-order valence-corrected chi connectivity index (χ0v) is 10.0. The molecule has 1 amide bonds. The SMILES string of the molecule is Cc1cc(NC(=O)c2ccnc(C#N)c2)n(C)n1. The number of nitriles is 1. The summed E-state index contributed by atoms with van der Waals surface area (Å²) in [6, 6.07) is 6.66. The number of rotatable bonds is 2. The first-order chi connectivity index (χ1) is 8.60. The van der Waals surface area contributed by atoms with Crippen LogP contribution in [0.15, 0.2) is 24.4 Å². The Balaban J connectivity index is 2.22. The molecule has 0 atom stereocenters. The van der Waals surface area contributed by atoms with Crippen LogP contribution in [0.25, 0.3) is 0 Å². The second kappa shape index (κ2) is 4.67. The van der Waals surface area contributed by atoms with Crippen molar-refractivity contribution >= 4 is 11.7 Å². The third-order valence-corrected chi connectivity index (χ3v) is 2.38. The van der Waals surface area contributed by atoms with Crippen LogP contribution in [0.5, 0.6) is 0 Å². The van der Waals surface area contributed by atoms with Gasteiger partial charge in [0, 0.05) is 24.9 Å². The number of hydrogen-bond donors (Lipinski definition) is 1. The van der Waals surface area contributed by atoms with Gasteiger partial charge in [0.1, 0.15) is 17.6 Å². The van der Waals surface area contributed by atoms with Crippen molar-refractivity contribution in [1.82, 2.24) is 14.8 Å². The predicted octanol–water partition coefficient (Wildman–Crippen LogP) is 1.25. The van der Waals surface area contributed by atoms with E-state index in [1.807, 2.05) is 13.0 Å². The van der Waals surface area contributed by atoms with Gasteiger partial charge in [-0.3, -0.25) is 9.48 Å². The maximum atomic E-state index is 12.0. The molecule has 0 radical (unpaired) electrons. The van der Waals surface area contributed by atoms with Crippen molar-refractivity contribution in [1.29, 1.82) is 5.26 Å². The minimum absolute atomic E-state index is 0.212. The van der Waals surface area contributed by atoms with Crippen LogP contribution in [0.2, 0.25) is 0 Å². The summed E-state index contributed by atoms with van der Waals surface area (Å²) in [5.41, 5.74) is 1.42. The molecule has 2 aromatic heterocycles. The number of carbonyl (C=O) groups is 1. The maximum Gasteiger partial charge on any atom is 0.256 e. The van der Waals surface area contributed by atoms with Gasteiger partial charge in [0.25, 0.3) is 5.91 Å². The number of aryl methyl sites for hydroxylation is 2. The Bertz CT molecular complexity index is 638. The average Bonchev–Trinajstić information content (AvgIpc) is 2.68. The second-order valence-electron chi connectivity index (χ2n) is 3.79. The van der Waals surface area contributed by atoms with Crippen molar-refractivity contribution < 1.29 is 4.79 Å². The van der Waals surface area contributed by atoms with Gasteiger partial charge in [0.15, 0.2) is 0 Å². The Morgan fingerprint density at radius 3 is 2.89 bits per heavy atom. The summed E-state index contributed by atoms with van der Waals surface area (Å²) < 4.78 is 1.58. The summed E-state index contributed by atoms with van der Waals surface area (Å²) in [5.74, 6) is 0.310.